The summed E-state index contributed by atoms with van der Waals surface area (Å²) in [7, 11) is 0. The number of hydrogen-bond donors (Lipinski definition) is 0. The Morgan fingerprint density at radius 1 is 0.667 bits per heavy atom. The minimum Gasteiger partial charge on any atom is -0.256 e. The van der Waals surface area contributed by atoms with Crippen molar-refractivity contribution in [3.05, 3.63) is 67.1 Å². The Balaban J connectivity index is 2.05. The first-order chi connectivity index (χ1) is 8.93. The molecule has 0 aliphatic carbocycles. The van der Waals surface area contributed by atoms with Crippen LogP contribution in [0.3, 0.4) is 0 Å². The highest BCUT2D eigenvalue weighted by Crippen LogP contribution is 2.23. The van der Waals surface area contributed by atoms with Crippen LogP contribution in [-0.4, -0.2) is 15.2 Å². The van der Waals surface area contributed by atoms with Gasteiger partial charge in [-0.3, -0.25) is 4.98 Å². The lowest BCUT2D eigenvalue weighted by molar-refractivity contribution is 1.03. The second kappa shape index (κ2) is 4.75. The molecule has 0 bridgehead atoms. The standard InChI is InChI=1S/C15H11N3/c1-2-4-12(5-3-1)13-6-8-16-15(10-13)14-7-9-17-18-11-14/h1-11H. The largest absolute Gasteiger partial charge is 0.256 e. The quantitative estimate of drug-likeness (QED) is 0.682. The van der Waals surface area contributed by atoms with E-state index in [0.29, 0.717) is 0 Å². The topological polar surface area (TPSA) is 38.7 Å². The van der Waals surface area contributed by atoms with Gasteiger partial charge in [-0.15, -0.1) is 0 Å². The molecule has 0 saturated heterocycles. The van der Waals surface area contributed by atoms with Gasteiger partial charge < -0.3 is 0 Å². The van der Waals surface area contributed by atoms with Crippen LogP contribution in [0, 0.1) is 0 Å². The number of benzene rings is 1. The van der Waals surface area contributed by atoms with Crippen molar-refractivity contribution in [1.29, 1.82) is 0 Å². The van der Waals surface area contributed by atoms with Gasteiger partial charge in [-0.25, -0.2) is 0 Å². The van der Waals surface area contributed by atoms with E-state index in [2.05, 4.69) is 33.4 Å². The van der Waals surface area contributed by atoms with E-state index in [1.807, 2.05) is 36.5 Å². The Morgan fingerprint density at radius 2 is 1.50 bits per heavy atom. The van der Waals surface area contributed by atoms with E-state index in [9.17, 15) is 0 Å². The van der Waals surface area contributed by atoms with E-state index in [0.717, 1.165) is 16.8 Å². The smallest absolute Gasteiger partial charge is 0.0724 e. The zero-order valence-electron chi connectivity index (χ0n) is 9.69. The van der Waals surface area contributed by atoms with E-state index >= 15 is 0 Å². The van der Waals surface area contributed by atoms with E-state index < -0.39 is 0 Å². The molecule has 0 radical (unpaired) electrons. The monoisotopic (exact) mass is 233 g/mol. The van der Waals surface area contributed by atoms with Gasteiger partial charge in [-0.05, 0) is 29.3 Å². The summed E-state index contributed by atoms with van der Waals surface area (Å²) >= 11 is 0. The normalized spacial score (nSPS) is 10.2. The average molecular weight is 233 g/mol. The molecule has 3 heteroatoms. The lowest BCUT2D eigenvalue weighted by atomic mass is 10.0. The molecule has 3 nitrogen and oxygen atoms in total. The van der Waals surface area contributed by atoms with Crippen molar-refractivity contribution in [2.24, 2.45) is 0 Å². The SMILES string of the molecule is c1ccc(-c2ccnc(-c3ccnnc3)c2)cc1. The summed E-state index contributed by atoms with van der Waals surface area (Å²) in [5, 5.41) is 7.65. The second-order valence-corrected chi connectivity index (χ2v) is 3.93. The summed E-state index contributed by atoms with van der Waals surface area (Å²) in [5.41, 5.74) is 4.22. The Kier molecular flexibility index (Phi) is 2.80. The third-order valence-corrected chi connectivity index (χ3v) is 2.75. The summed E-state index contributed by atoms with van der Waals surface area (Å²) in [6.45, 7) is 0. The molecule has 3 aromatic rings. The molecule has 0 unspecified atom stereocenters. The van der Waals surface area contributed by atoms with Crippen molar-refractivity contribution < 1.29 is 0 Å². The highest BCUT2D eigenvalue weighted by Gasteiger charge is 2.02. The molecule has 0 aliphatic heterocycles. The van der Waals surface area contributed by atoms with E-state index in [1.165, 1.54) is 5.56 Å². The molecular formula is C15H11N3. The van der Waals surface area contributed by atoms with Crippen LogP contribution in [0.1, 0.15) is 0 Å². The third kappa shape index (κ3) is 2.11. The maximum atomic E-state index is 4.37. The first kappa shape index (κ1) is 10.6. The van der Waals surface area contributed by atoms with Gasteiger partial charge in [0.25, 0.3) is 0 Å². The van der Waals surface area contributed by atoms with Gasteiger partial charge in [0.1, 0.15) is 0 Å². The van der Waals surface area contributed by atoms with Gasteiger partial charge in [0, 0.05) is 11.8 Å². The zero-order chi connectivity index (χ0) is 12.2. The molecule has 86 valence electrons. The van der Waals surface area contributed by atoms with Crippen LogP contribution in [0.15, 0.2) is 67.1 Å². The van der Waals surface area contributed by atoms with E-state index in [1.54, 1.807) is 12.4 Å². The predicted molar refractivity (Wildman–Crippen MR) is 70.7 cm³/mol. The molecule has 18 heavy (non-hydrogen) atoms. The van der Waals surface area contributed by atoms with Gasteiger partial charge in [0.2, 0.25) is 0 Å². The Hall–Kier alpha value is -2.55. The summed E-state index contributed by atoms with van der Waals surface area (Å²) in [6.07, 6.45) is 5.21. The summed E-state index contributed by atoms with van der Waals surface area (Å²) in [5.74, 6) is 0. The van der Waals surface area contributed by atoms with Crippen LogP contribution >= 0.6 is 0 Å². The lowest BCUT2D eigenvalue weighted by Gasteiger charge is -2.04. The number of nitrogens with zero attached hydrogens (tertiary/aromatic N) is 3. The minimum absolute atomic E-state index is 0.909. The fourth-order valence-corrected chi connectivity index (χ4v) is 1.84. The van der Waals surface area contributed by atoms with Crippen molar-refractivity contribution >= 4 is 0 Å². The van der Waals surface area contributed by atoms with Crippen LogP contribution in [0.5, 0.6) is 0 Å². The van der Waals surface area contributed by atoms with Gasteiger partial charge in [-0.1, -0.05) is 30.3 Å². The summed E-state index contributed by atoms with van der Waals surface area (Å²) in [6, 6.07) is 16.2. The van der Waals surface area contributed by atoms with Crippen molar-refractivity contribution in [2.75, 3.05) is 0 Å². The first-order valence-corrected chi connectivity index (χ1v) is 5.72. The van der Waals surface area contributed by atoms with Gasteiger partial charge >= 0.3 is 0 Å². The molecule has 2 heterocycles. The van der Waals surface area contributed by atoms with E-state index in [4.69, 9.17) is 0 Å². The zero-order valence-corrected chi connectivity index (χ0v) is 9.69. The fraction of sp³-hybridized carbons (Fsp3) is 0. The first-order valence-electron chi connectivity index (χ1n) is 5.72. The number of hydrogen-bond acceptors (Lipinski definition) is 3. The highest BCUT2D eigenvalue weighted by molar-refractivity contribution is 5.69. The third-order valence-electron chi connectivity index (χ3n) is 2.75. The Labute approximate surface area is 105 Å². The summed E-state index contributed by atoms with van der Waals surface area (Å²) < 4.78 is 0. The Bertz CT molecular complexity index is 581. The molecule has 0 amide bonds. The predicted octanol–water partition coefficient (Wildman–Crippen LogP) is 3.21. The molecule has 3 rings (SSSR count). The molecule has 0 aliphatic rings. The molecule has 0 saturated carbocycles. The van der Waals surface area contributed by atoms with Gasteiger partial charge in [-0.2, -0.15) is 10.2 Å². The van der Waals surface area contributed by atoms with Crippen LogP contribution in [0.25, 0.3) is 22.4 Å². The van der Waals surface area contributed by atoms with Gasteiger partial charge in [0.15, 0.2) is 0 Å². The maximum absolute atomic E-state index is 4.37. The molecular weight excluding hydrogens is 222 g/mol. The van der Waals surface area contributed by atoms with Crippen molar-refractivity contribution in [3.63, 3.8) is 0 Å². The maximum Gasteiger partial charge on any atom is 0.0724 e. The average Bonchev–Trinajstić information content (AvgIpc) is 2.49. The molecule has 0 N–H and O–H groups in total. The minimum atomic E-state index is 0.909. The lowest BCUT2D eigenvalue weighted by Crippen LogP contribution is -1.87. The molecule has 0 fully saturated rings. The Morgan fingerprint density at radius 3 is 2.28 bits per heavy atom. The molecule has 2 aromatic heterocycles. The molecule has 1 aromatic carbocycles. The number of rotatable bonds is 2. The summed E-state index contributed by atoms with van der Waals surface area (Å²) in [4.78, 5) is 4.37. The fourth-order valence-electron chi connectivity index (χ4n) is 1.84. The molecule has 0 spiro atoms. The second-order valence-electron chi connectivity index (χ2n) is 3.93. The van der Waals surface area contributed by atoms with Crippen LogP contribution in [-0.2, 0) is 0 Å². The van der Waals surface area contributed by atoms with Gasteiger partial charge in [0.05, 0.1) is 18.1 Å². The van der Waals surface area contributed by atoms with Crippen LogP contribution in [0.2, 0.25) is 0 Å². The molecule has 0 atom stereocenters. The number of aromatic nitrogens is 3. The number of pyridine rings is 1. The van der Waals surface area contributed by atoms with Crippen molar-refractivity contribution in [1.82, 2.24) is 15.2 Å². The van der Waals surface area contributed by atoms with Crippen molar-refractivity contribution in [3.8, 4) is 22.4 Å². The van der Waals surface area contributed by atoms with Crippen molar-refractivity contribution in [2.45, 2.75) is 0 Å². The van der Waals surface area contributed by atoms with Crippen LogP contribution in [0.4, 0.5) is 0 Å². The highest BCUT2D eigenvalue weighted by atomic mass is 15.1. The van der Waals surface area contributed by atoms with Crippen LogP contribution < -0.4 is 0 Å². The van der Waals surface area contributed by atoms with E-state index in [-0.39, 0.29) is 0 Å².